The number of ether oxygens (including phenoxy) is 2. The van der Waals surface area contributed by atoms with Crippen LogP contribution in [-0.4, -0.2) is 59.0 Å². The molecule has 0 aromatic carbocycles. The van der Waals surface area contributed by atoms with E-state index >= 15 is 0 Å². The van der Waals surface area contributed by atoms with Gasteiger partial charge in [-0.2, -0.15) is 0 Å². The van der Waals surface area contributed by atoms with Crippen LogP contribution in [0.25, 0.3) is 0 Å². The molecule has 1 heterocycles. The van der Waals surface area contributed by atoms with E-state index in [2.05, 4.69) is 34.8 Å². The van der Waals surface area contributed by atoms with Gasteiger partial charge in [0.1, 0.15) is 6.10 Å². The summed E-state index contributed by atoms with van der Waals surface area (Å²) in [7, 11) is 3.19. The Kier molecular flexibility index (Phi) is 11.3. The first-order chi connectivity index (χ1) is 16.5. The van der Waals surface area contributed by atoms with E-state index in [-0.39, 0.29) is 38.8 Å². The van der Waals surface area contributed by atoms with Gasteiger partial charge >= 0.3 is 0 Å². The Labute approximate surface area is 221 Å². The second-order valence-corrected chi connectivity index (χ2v) is 11.2. The standard InChI is InChI=1S/C26H37IN2O6/c1-14-9-16(3)24(31)22(35-5)8-6-7-15(2)26(33)29-20-13-21(30)23(28)19(25(20)32)12-17(27)11-18(10-14)34-4/h6-8,13-14,16-18,22,24,31H,9-12,28H2,1-5H3,(H,29,33)/b8-6-,15-7+/t14-,16?,17-,18-,22+,24+/m1/s1. The first kappa shape index (κ1) is 29.4. The lowest BCUT2D eigenvalue weighted by Crippen LogP contribution is -2.35. The van der Waals surface area contributed by atoms with E-state index in [1.165, 1.54) is 7.11 Å². The van der Waals surface area contributed by atoms with Gasteiger partial charge in [-0.1, -0.05) is 54.7 Å². The number of hydrogen-bond acceptors (Lipinski definition) is 7. The fourth-order valence-electron chi connectivity index (χ4n) is 4.46. The van der Waals surface area contributed by atoms with Gasteiger partial charge in [-0.15, -0.1) is 0 Å². The maximum Gasteiger partial charge on any atom is 0.251 e. The molecule has 35 heavy (non-hydrogen) atoms. The Morgan fingerprint density at radius 2 is 1.80 bits per heavy atom. The van der Waals surface area contributed by atoms with Crippen LogP contribution in [0.4, 0.5) is 0 Å². The molecule has 6 atom stereocenters. The highest BCUT2D eigenvalue weighted by atomic mass is 127. The van der Waals surface area contributed by atoms with Crippen LogP contribution in [0, 0.1) is 11.8 Å². The van der Waals surface area contributed by atoms with Crippen LogP contribution in [0.15, 0.2) is 46.8 Å². The molecule has 0 saturated heterocycles. The van der Waals surface area contributed by atoms with E-state index in [0.717, 1.165) is 18.9 Å². The second-order valence-electron chi connectivity index (χ2n) is 9.47. The Morgan fingerprint density at radius 1 is 1.11 bits per heavy atom. The first-order valence-electron chi connectivity index (χ1n) is 11.8. The molecule has 2 aliphatic rings. The molecule has 1 aliphatic heterocycles. The average molecular weight is 600 g/mol. The van der Waals surface area contributed by atoms with E-state index < -0.39 is 29.7 Å². The molecule has 2 rings (SSSR count). The van der Waals surface area contributed by atoms with Crippen molar-refractivity contribution in [2.75, 3.05) is 14.2 Å². The predicted octanol–water partition coefficient (Wildman–Crippen LogP) is 2.89. The zero-order chi connectivity index (χ0) is 26.3. The Balaban J connectivity index is 2.40. The van der Waals surface area contributed by atoms with E-state index in [4.69, 9.17) is 15.2 Å². The minimum absolute atomic E-state index is 0.0149. The smallest absolute Gasteiger partial charge is 0.251 e. The molecule has 2 bridgehead atoms. The number of nitrogens with two attached hydrogens (primary N) is 1. The number of amides is 1. The van der Waals surface area contributed by atoms with Crippen molar-refractivity contribution in [1.29, 1.82) is 0 Å². The summed E-state index contributed by atoms with van der Waals surface area (Å²) >= 11 is 2.25. The number of fused-ring (bicyclic) bond motifs is 2. The molecule has 9 heteroatoms. The van der Waals surface area contributed by atoms with Crippen molar-refractivity contribution in [1.82, 2.24) is 5.32 Å². The zero-order valence-corrected chi connectivity index (χ0v) is 23.2. The van der Waals surface area contributed by atoms with E-state index in [1.54, 1.807) is 32.3 Å². The molecule has 0 saturated carbocycles. The summed E-state index contributed by atoms with van der Waals surface area (Å²) < 4.78 is 11.2. The SMILES string of the molecule is CO[C@@H]1C[C@H](C)CC(C)[C@H](O)[C@@H](OC)/C=C\C=C(/C)C(=O)NC2=CC(=O)C(N)=C(C[C@H](I)C1)C2=O. The molecule has 1 amide bonds. The summed E-state index contributed by atoms with van der Waals surface area (Å²) in [5.74, 6) is -1.20. The summed E-state index contributed by atoms with van der Waals surface area (Å²) in [6, 6.07) is 0. The van der Waals surface area contributed by atoms with Crippen molar-refractivity contribution in [2.24, 2.45) is 17.6 Å². The highest BCUT2D eigenvalue weighted by Crippen LogP contribution is 2.29. The molecular weight excluding hydrogens is 563 g/mol. The lowest BCUT2D eigenvalue weighted by atomic mass is 9.86. The number of ketones is 2. The minimum atomic E-state index is -0.718. The third kappa shape index (κ3) is 8.09. The fraction of sp³-hybridized carbons (Fsp3) is 0.577. The Hall–Kier alpha value is -1.82. The summed E-state index contributed by atoms with van der Waals surface area (Å²) in [5, 5.41) is 13.4. The number of hydrogen-bond donors (Lipinski definition) is 3. The molecule has 4 N–H and O–H groups in total. The fourth-order valence-corrected chi connectivity index (χ4v) is 5.47. The number of methoxy groups -OCH3 is 2. The molecule has 0 aromatic rings. The first-order valence-corrected chi connectivity index (χ1v) is 13.1. The van der Waals surface area contributed by atoms with Gasteiger partial charge in [0.05, 0.1) is 23.6 Å². The van der Waals surface area contributed by atoms with E-state index in [9.17, 15) is 19.5 Å². The normalized spacial score (nSPS) is 34.7. The molecule has 0 radical (unpaired) electrons. The van der Waals surface area contributed by atoms with E-state index in [0.29, 0.717) is 18.4 Å². The lowest BCUT2D eigenvalue weighted by Gasteiger charge is -2.28. The highest BCUT2D eigenvalue weighted by molar-refractivity contribution is 14.1. The van der Waals surface area contributed by atoms with Gasteiger partial charge in [0.2, 0.25) is 11.6 Å². The quantitative estimate of drug-likeness (QED) is 0.253. The van der Waals surface area contributed by atoms with E-state index in [1.807, 2.05) is 6.92 Å². The largest absolute Gasteiger partial charge is 0.395 e. The predicted molar refractivity (Wildman–Crippen MR) is 143 cm³/mol. The number of carbonyl (C=O) groups excluding carboxylic acids is 3. The number of nitrogens with one attached hydrogen (secondary N) is 1. The van der Waals surface area contributed by atoms with Crippen LogP contribution >= 0.6 is 22.6 Å². The van der Waals surface area contributed by atoms with Crippen molar-refractivity contribution in [3.05, 3.63) is 46.8 Å². The number of allylic oxidation sites excluding steroid dienone is 4. The topological polar surface area (TPSA) is 128 Å². The van der Waals surface area contributed by atoms with Gasteiger partial charge in [-0.25, -0.2) is 0 Å². The van der Waals surface area contributed by atoms with Gasteiger partial charge in [0.15, 0.2) is 0 Å². The zero-order valence-electron chi connectivity index (χ0n) is 21.0. The monoisotopic (exact) mass is 600 g/mol. The van der Waals surface area contributed by atoms with Crippen molar-refractivity contribution in [3.63, 3.8) is 0 Å². The summed E-state index contributed by atoms with van der Waals surface area (Å²) in [6.07, 6.45) is 7.18. The summed E-state index contributed by atoms with van der Waals surface area (Å²) in [5.41, 5.74) is 6.36. The number of aliphatic hydroxyl groups is 1. The van der Waals surface area contributed by atoms with Gasteiger partial charge in [-0.3, -0.25) is 14.4 Å². The molecule has 0 fully saturated rings. The number of rotatable bonds is 2. The Morgan fingerprint density at radius 3 is 2.43 bits per heavy atom. The molecular formula is C26H37IN2O6. The summed E-state index contributed by atoms with van der Waals surface area (Å²) in [6.45, 7) is 5.71. The number of aliphatic hydroxyl groups excluding tert-OH is 1. The van der Waals surface area contributed by atoms with Crippen LogP contribution in [0.2, 0.25) is 0 Å². The molecule has 1 aliphatic carbocycles. The molecule has 8 nitrogen and oxygen atoms in total. The molecule has 194 valence electrons. The third-order valence-electron chi connectivity index (χ3n) is 6.55. The minimum Gasteiger partial charge on any atom is -0.395 e. The lowest BCUT2D eigenvalue weighted by molar-refractivity contribution is -0.120. The number of carbonyl (C=O) groups is 3. The van der Waals surface area contributed by atoms with Crippen LogP contribution in [0.3, 0.4) is 0 Å². The highest BCUT2D eigenvalue weighted by Gasteiger charge is 2.31. The van der Waals surface area contributed by atoms with Crippen LogP contribution in [0.1, 0.15) is 46.5 Å². The van der Waals surface area contributed by atoms with Gasteiger partial charge < -0.3 is 25.6 Å². The molecule has 1 unspecified atom stereocenters. The Bertz CT molecular complexity index is 938. The second kappa shape index (κ2) is 13.5. The van der Waals surface area contributed by atoms with Gasteiger partial charge in [0.25, 0.3) is 5.91 Å². The third-order valence-corrected chi connectivity index (χ3v) is 7.50. The van der Waals surface area contributed by atoms with Crippen molar-refractivity contribution < 1.29 is 29.0 Å². The van der Waals surface area contributed by atoms with Gasteiger partial charge in [0, 0.05) is 35.4 Å². The maximum atomic E-state index is 13.1. The van der Waals surface area contributed by atoms with Crippen LogP contribution < -0.4 is 11.1 Å². The van der Waals surface area contributed by atoms with Gasteiger partial charge in [-0.05, 0) is 44.4 Å². The average Bonchev–Trinajstić information content (AvgIpc) is 2.81. The van der Waals surface area contributed by atoms with Crippen molar-refractivity contribution in [2.45, 2.75) is 68.7 Å². The van der Waals surface area contributed by atoms with Crippen LogP contribution in [0.5, 0.6) is 0 Å². The number of Topliss-reactive ketones (excluding diaryl/α,β-unsaturated/α-hetero) is 1. The van der Waals surface area contributed by atoms with Crippen molar-refractivity contribution >= 4 is 40.1 Å². The van der Waals surface area contributed by atoms with Crippen LogP contribution in [-0.2, 0) is 23.9 Å². The molecule has 0 spiro atoms. The number of halogens is 1. The maximum absolute atomic E-state index is 13.1. The van der Waals surface area contributed by atoms with Crippen molar-refractivity contribution in [3.8, 4) is 0 Å². The molecule has 0 aromatic heterocycles. The summed E-state index contributed by atoms with van der Waals surface area (Å²) in [4.78, 5) is 38.2. The number of alkyl halides is 1.